The number of aliphatic hydroxyl groups is 2. The second-order valence-corrected chi connectivity index (χ2v) is 4.80. The van der Waals surface area contributed by atoms with E-state index in [-0.39, 0.29) is 0 Å². The lowest BCUT2D eigenvalue weighted by atomic mass is 9.92. The van der Waals surface area contributed by atoms with Gasteiger partial charge in [-0.15, -0.1) is 0 Å². The summed E-state index contributed by atoms with van der Waals surface area (Å²) in [6.45, 7) is 7.99. The Morgan fingerprint density at radius 3 is 2.17 bits per heavy atom. The summed E-state index contributed by atoms with van der Waals surface area (Å²) < 4.78 is 5.92. The van der Waals surface area contributed by atoms with E-state index < -0.39 is 18.1 Å². The van der Waals surface area contributed by atoms with Crippen LogP contribution in [0, 0.1) is 6.57 Å². The molecule has 2 aromatic carbocycles. The molecule has 2 aromatic rings. The van der Waals surface area contributed by atoms with Gasteiger partial charge < -0.3 is 14.9 Å². The number of benzene rings is 2. The largest absolute Gasteiger partial charge is 0.470 e. The molecule has 0 aromatic heterocycles. The number of para-hydroxylation sites is 1. The lowest BCUT2D eigenvalue weighted by Gasteiger charge is -2.32. The van der Waals surface area contributed by atoms with Crippen molar-refractivity contribution >= 4 is 5.87 Å². The molecule has 23 heavy (non-hydrogen) atoms. The maximum atomic E-state index is 10.8. The quantitative estimate of drug-likeness (QED) is 0.805. The van der Waals surface area contributed by atoms with Gasteiger partial charge in [-0.25, -0.2) is 0 Å². The van der Waals surface area contributed by atoms with Crippen LogP contribution in [0.4, 0.5) is 0 Å². The third-order valence-corrected chi connectivity index (χ3v) is 3.39. The molecule has 0 radical (unpaired) electrons. The Morgan fingerprint density at radius 2 is 1.70 bits per heavy atom. The highest BCUT2D eigenvalue weighted by molar-refractivity contribution is 5.49. The summed E-state index contributed by atoms with van der Waals surface area (Å²) in [5.41, 5.74) is -3.62. The number of rotatable bonds is 6. The molecule has 2 N–H and O–H groups in total. The van der Waals surface area contributed by atoms with Gasteiger partial charge >= 0.3 is 11.4 Å². The average molecular weight is 309 g/mol. The van der Waals surface area contributed by atoms with E-state index in [2.05, 4.69) is 22.3 Å². The molecule has 0 bridgehead atoms. The van der Waals surface area contributed by atoms with Gasteiger partial charge in [0, 0.05) is 5.56 Å². The SMILES string of the molecule is C#[N+][C@@](O)(CO)[C@@](N=C=C)(Oc1ccccc1)c1ccccc1. The number of nitrogens with zero attached hydrogens (tertiary/aromatic N) is 2. The van der Waals surface area contributed by atoms with Crippen molar-refractivity contribution in [2.45, 2.75) is 11.4 Å². The molecule has 0 spiro atoms. The van der Waals surface area contributed by atoms with Gasteiger partial charge in [-0.3, -0.25) is 0 Å². The minimum absolute atomic E-state index is 0.408. The number of ether oxygens (including phenoxy) is 1. The van der Waals surface area contributed by atoms with Gasteiger partial charge in [0.05, 0.1) is 0 Å². The summed E-state index contributed by atoms with van der Waals surface area (Å²) in [6.07, 6.45) is 0. The molecule has 116 valence electrons. The van der Waals surface area contributed by atoms with Crippen LogP contribution in [-0.4, -0.2) is 28.4 Å². The van der Waals surface area contributed by atoms with E-state index in [1.165, 1.54) is 0 Å². The molecule has 0 heterocycles. The second kappa shape index (κ2) is 6.91. The van der Waals surface area contributed by atoms with E-state index in [9.17, 15) is 10.2 Å². The molecule has 0 aliphatic rings. The van der Waals surface area contributed by atoms with Crippen LogP contribution < -0.4 is 4.74 Å². The fourth-order valence-corrected chi connectivity index (χ4v) is 2.22. The van der Waals surface area contributed by atoms with Crippen LogP contribution in [0.2, 0.25) is 0 Å². The zero-order valence-corrected chi connectivity index (χ0v) is 12.5. The first kappa shape index (κ1) is 16.5. The van der Waals surface area contributed by atoms with Crippen molar-refractivity contribution in [3.05, 3.63) is 77.7 Å². The zero-order chi connectivity index (χ0) is 16.8. The van der Waals surface area contributed by atoms with E-state index >= 15 is 0 Å². The van der Waals surface area contributed by atoms with Gasteiger partial charge in [0.1, 0.15) is 5.75 Å². The van der Waals surface area contributed by atoms with Crippen molar-refractivity contribution in [2.24, 2.45) is 4.99 Å². The Kier molecular flexibility index (Phi) is 4.95. The zero-order valence-electron chi connectivity index (χ0n) is 12.5. The Bertz CT molecular complexity index is 736. The van der Waals surface area contributed by atoms with E-state index in [0.29, 0.717) is 11.3 Å². The summed E-state index contributed by atoms with van der Waals surface area (Å²) >= 11 is 0. The third kappa shape index (κ3) is 3.01. The van der Waals surface area contributed by atoms with Gasteiger partial charge in [-0.05, 0) is 29.4 Å². The molecule has 0 saturated heterocycles. The van der Waals surface area contributed by atoms with Crippen molar-refractivity contribution in [3.8, 4) is 12.3 Å². The lowest BCUT2D eigenvalue weighted by Crippen LogP contribution is -2.54. The van der Waals surface area contributed by atoms with Crippen LogP contribution in [0.5, 0.6) is 5.75 Å². The minimum Gasteiger partial charge on any atom is -0.451 e. The molecular formula is C18H17N2O3+. The second-order valence-electron chi connectivity index (χ2n) is 4.80. The van der Waals surface area contributed by atoms with E-state index in [0.717, 1.165) is 0 Å². The Hall–Kier alpha value is -2.90. The molecular weight excluding hydrogens is 292 g/mol. The fraction of sp³-hybridized carbons (Fsp3) is 0.167. The smallest absolute Gasteiger partial charge is 0.451 e. The van der Waals surface area contributed by atoms with Gasteiger partial charge in [0.2, 0.25) is 0 Å². The van der Waals surface area contributed by atoms with Crippen LogP contribution in [-0.2, 0) is 5.72 Å². The van der Waals surface area contributed by atoms with Crippen LogP contribution in [0.25, 0.3) is 4.85 Å². The number of aliphatic imine (C=N–C) groups is 1. The van der Waals surface area contributed by atoms with Crippen molar-refractivity contribution in [2.75, 3.05) is 6.61 Å². The summed E-state index contributed by atoms with van der Waals surface area (Å²) in [7, 11) is 0. The average Bonchev–Trinajstić information content (AvgIpc) is 2.62. The molecule has 0 unspecified atom stereocenters. The highest BCUT2D eigenvalue weighted by Gasteiger charge is 2.64. The Morgan fingerprint density at radius 1 is 1.13 bits per heavy atom. The predicted molar refractivity (Wildman–Crippen MR) is 88.6 cm³/mol. The van der Waals surface area contributed by atoms with E-state index in [4.69, 9.17) is 11.3 Å². The number of hydrogen-bond acceptors (Lipinski definition) is 4. The minimum atomic E-state index is -2.23. The predicted octanol–water partition coefficient (Wildman–Crippen LogP) is 2.42. The van der Waals surface area contributed by atoms with Gasteiger partial charge in [0.15, 0.2) is 6.61 Å². The molecule has 5 heteroatoms. The molecule has 2 rings (SSSR count). The van der Waals surface area contributed by atoms with Crippen LogP contribution >= 0.6 is 0 Å². The van der Waals surface area contributed by atoms with Gasteiger partial charge in [0.25, 0.3) is 6.57 Å². The summed E-state index contributed by atoms with van der Waals surface area (Å²) in [5.74, 6) is 2.77. The molecule has 0 fully saturated rings. The van der Waals surface area contributed by atoms with Crippen molar-refractivity contribution < 1.29 is 14.9 Å². The third-order valence-electron chi connectivity index (χ3n) is 3.39. The Labute approximate surface area is 134 Å². The van der Waals surface area contributed by atoms with Crippen LogP contribution in [0.15, 0.2) is 72.2 Å². The number of aliphatic hydroxyl groups excluding tert-OH is 1. The standard InChI is InChI=1S/C18H17N2O3/c1-3-20-18(17(22,14-21)19-2,15-10-6-4-7-11-15)23-16-12-8-5-9-13-16/h2,4-13,21-22H,1,14H2/q+1/t17-,18+/m1/s1. The Balaban J connectivity index is 2.70. The van der Waals surface area contributed by atoms with E-state index in [1.54, 1.807) is 54.6 Å². The monoisotopic (exact) mass is 309 g/mol. The first-order valence-electron chi connectivity index (χ1n) is 6.91. The molecule has 0 amide bonds. The maximum Gasteiger partial charge on any atom is 0.470 e. The summed E-state index contributed by atoms with van der Waals surface area (Å²) in [5, 5.41) is 20.4. The lowest BCUT2D eigenvalue weighted by molar-refractivity contribution is -0.130. The first-order chi connectivity index (χ1) is 11.1. The molecule has 2 atom stereocenters. The molecule has 0 aliphatic carbocycles. The topological polar surface area (TPSA) is 66.4 Å². The molecule has 0 aliphatic heterocycles. The van der Waals surface area contributed by atoms with Crippen molar-refractivity contribution in [1.82, 2.24) is 0 Å². The maximum absolute atomic E-state index is 10.8. The molecule has 5 nitrogen and oxygen atoms in total. The number of hydrogen-bond donors (Lipinski definition) is 2. The summed E-state index contributed by atoms with van der Waals surface area (Å²) in [6, 6.07) is 17.4. The van der Waals surface area contributed by atoms with Crippen LogP contribution in [0.1, 0.15) is 5.56 Å². The highest BCUT2D eigenvalue weighted by Crippen LogP contribution is 2.40. The van der Waals surface area contributed by atoms with Crippen molar-refractivity contribution in [3.63, 3.8) is 0 Å². The van der Waals surface area contributed by atoms with Crippen molar-refractivity contribution in [1.29, 1.82) is 0 Å². The fourth-order valence-electron chi connectivity index (χ4n) is 2.22. The van der Waals surface area contributed by atoms with Gasteiger partial charge in [-0.2, -0.15) is 4.99 Å². The highest BCUT2D eigenvalue weighted by atomic mass is 16.5. The normalized spacial score (nSPS) is 15.3. The summed E-state index contributed by atoms with van der Waals surface area (Å²) in [4.78, 5) is 7.49. The van der Waals surface area contributed by atoms with Gasteiger partial charge in [-0.1, -0.05) is 48.5 Å². The van der Waals surface area contributed by atoms with Crippen LogP contribution in [0.3, 0.4) is 0 Å². The molecule has 0 saturated carbocycles. The first-order valence-corrected chi connectivity index (χ1v) is 6.91. The van der Waals surface area contributed by atoms with E-state index in [1.807, 2.05) is 6.07 Å².